The average Bonchev–Trinajstić information content (AvgIpc) is 2.57. The number of guanidine groups is 3. The van der Waals surface area contributed by atoms with E-state index in [0.717, 1.165) is 25.8 Å². The Kier molecular flexibility index (Phi) is 33.9. The van der Waals surface area contributed by atoms with Crippen LogP contribution in [-0.2, 0) is 47.9 Å². The molecule has 10 atom stereocenters. The number of hydrogen-bond acceptors (Lipinski definition) is 17. The Morgan fingerprint density at radius 2 is 0.919 bits per heavy atom. The molecular formula is C53H97N19O14. The number of aliphatic imine (C=N–C) groups is 3. The van der Waals surface area contributed by atoms with Crippen LogP contribution in [0.2, 0.25) is 0 Å². The first-order valence-corrected chi connectivity index (χ1v) is 29.4. The molecule has 86 heavy (non-hydrogen) atoms. The number of carboxylic acid groups (broad SMARTS) is 3. The minimum absolute atomic E-state index is 0.0349. The standard InChI is InChI=1S/C29H51N9O8.C17H30N6O4.C7H16N4O2/c1-3-22(40)36-23(17(2)39)25(42)34-18(9-4-5-13-30)26(43)38-16-8-12-21(38)27(44)37-15-7-11-20(37)24(41)35-19(28(45)46)10-6-14-33-29(31)32;1-22-9-3-7-13(22)15(25)23-10-4-6-12(23)14(24)21-11(16(26)27)5-2-8-20-17(18)19;1-10-5(6(12)13)3-2-4-11-7(8)9/h17-21,23,39H,3-16,30H2,1-2H3,(H,34,42)(H,35,41)(H,36,40)(H,45,46)(H4,31,32,33);11-13H,2-10H2,1H3,(H,21,24)(H,26,27)(H4,18,19,20);5,10H,2-4H2,1H3,(H,12,13)(H4,8,9,11). The molecule has 10 unspecified atom stereocenters. The van der Waals surface area contributed by atoms with Crippen molar-refractivity contribution in [3.63, 3.8) is 0 Å². The molecule has 0 bridgehead atoms. The largest absolute Gasteiger partial charge is 0.480 e. The quantitative estimate of drug-likeness (QED) is 0.0170. The van der Waals surface area contributed by atoms with Gasteiger partial charge in [-0.1, -0.05) is 6.92 Å². The number of hydrogen-bond donors (Lipinski definition) is 16. The van der Waals surface area contributed by atoms with E-state index in [0.29, 0.717) is 96.8 Å². The first-order chi connectivity index (χ1) is 40.7. The van der Waals surface area contributed by atoms with E-state index in [1.54, 1.807) is 18.9 Å². The van der Waals surface area contributed by atoms with E-state index in [9.17, 15) is 63.3 Å². The highest BCUT2D eigenvalue weighted by molar-refractivity contribution is 5.97. The van der Waals surface area contributed by atoms with Gasteiger partial charge in [-0.25, -0.2) is 9.59 Å². The van der Waals surface area contributed by atoms with Gasteiger partial charge in [-0.2, -0.15) is 0 Å². The van der Waals surface area contributed by atoms with Gasteiger partial charge in [-0.3, -0.25) is 58.2 Å². The fraction of sp³-hybridized carbons (Fsp3) is 0.755. The van der Waals surface area contributed by atoms with Gasteiger partial charge in [-0.05, 0) is 143 Å². The lowest BCUT2D eigenvalue weighted by atomic mass is 10.0. The molecule has 488 valence electrons. The van der Waals surface area contributed by atoms with Crippen molar-refractivity contribution in [3.8, 4) is 0 Å². The Bertz CT molecular complexity index is 2330. The Morgan fingerprint density at radius 1 is 0.523 bits per heavy atom. The van der Waals surface area contributed by atoms with Gasteiger partial charge in [0.05, 0.1) is 12.1 Å². The number of likely N-dealkylation sites (tertiary alicyclic amines) is 4. The number of aliphatic carboxylic acids is 3. The maximum absolute atomic E-state index is 13.9. The first kappa shape index (κ1) is 74.5. The van der Waals surface area contributed by atoms with Crippen molar-refractivity contribution in [2.24, 2.45) is 55.1 Å². The molecule has 0 aromatic rings. The number of carbonyl (C=O) groups excluding carboxylic acids is 7. The summed E-state index contributed by atoms with van der Waals surface area (Å²) in [7, 11) is 3.52. The number of carboxylic acids is 3. The van der Waals surface area contributed by atoms with Crippen molar-refractivity contribution in [3.05, 3.63) is 0 Å². The molecule has 4 rings (SSSR count). The number of aliphatic hydroxyl groups is 1. The molecule has 4 aliphatic heterocycles. The van der Waals surface area contributed by atoms with Gasteiger partial charge >= 0.3 is 17.9 Å². The Labute approximate surface area is 501 Å². The van der Waals surface area contributed by atoms with Crippen LogP contribution in [-0.4, -0.2) is 244 Å². The van der Waals surface area contributed by atoms with E-state index < -0.39 is 108 Å². The van der Waals surface area contributed by atoms with Crippen LogP contribution < -0.4 is 66.7 Å². The second kappa shape index (κ2) is 39.1. The van der Waals surface area contributed by atoms with E-state index >= 15 is 0 Å². The summed E-state index contributed by atoms with van der Waals surface area (Å²) in [5.41, 5.74) is 36.9. The minimum atomic E-state index is -1.28. The second-order valence-electron chi connectivity index (χ2n) is 21.5. The predicted molar refractivity (Wildman–Crippen MR) is 318 cm³/mol. The van der Waals surface area contributed by atoms with Crippen LogP contribution in [0.3, 0.4) is 0 Å². The third-order valence-electron chi connectivity index (χ3n) is 15.0. The summed E-state index contributed by atoms with van der Waals surface area (Å²) in [6.45, 7) is 6.22. The van der Waals surface area contributed by atoms with E-state index in [-0.39, 0.29) is 75.1 Å². The van der Waals surface area contributed by atoms with Crippen molar-refractivity contribution >= 4 is 77.1 Å². The van der Waals surface area contributed by atoms with Crippen LogP contribution in [0.15, 0.2) is 15.0 Å². The van der Waals surface area contributed by atoms with Gasteiger partial charge in [0.1, 0.15) is 48.3 Å². The van der Waals surface area contributed by atoms with Gasteiger partial charge in [0.15, 0.2) is 17.9 Å². The van der Waals surface area contributed by atoms with Crippen LogP contribution in [0, 0.1) is 0 Å². The fourth-order valence-electron chi connectivity index (χ4n) is 10.3. The molecule has 23 N–H and O–H groups in total. The summed E-state index contributed by atoms with van der Waals surface area (Å²) in [5.74, 6) is -6.45. The molecule has 0 aromatic carbocycles. The summed E-state index contributed by atoms with van der Waals surface area (Å²) in [6.07, 6.45) is 7.16. The molecule has 0 saturated carbocycles. The SMILES string of the molecule is CCC(=O)NC(C(=O)NC(CCCCN)C(=O)N1CCCC1C(=O)N1CCCC1C(=O)NC(CCCN=C(N)N)C(=O)O)C(C)O.CN1CCCC1C(=O)N1CCCC1C(=O)NC(CCCN=C(N)N)C(=O)O.CNC(CCCN=C(N)N)C(=O)O. The van der Waals surface area contributed by atoms with E-state index in [1.807, 2.05) is 11.9 Å². The molecule has 0 aliphatic carbocycles. The zero-order valence-electron chi connectivity index (χ0n) is 50.2. The van der Waals surface area contributed by atoms with Gasteiger partial charge in [0.25, 0.3) is 0 Å². The lowest BCUT2D eigenvalue weighted by molar-refractivity contribution is -0.149. The molecule has 7 amide bonds. The van der Waals surface area contributed by atoms with E-state index in [4.69, 9.17) is 45.2 Å². The molecule has 4 aliphatic rings. The summed E-state index contributed by atoms with van der Waals surface area (Å²) in [5, 5.41) is 50.7. The first-order valence-electron chi connectivity index (χ1n) is 29.4. The second-order valence-corrected chi connectivity index (χ2v) is 21.5. The van der Waals surface area contributed by atoms with Gasteiger partial charge in [-0.15, -0.1) is 0 Å². The van der Waals surface area contributed by atoms with Crippen LogP contribution in [0.25, 0.3) is 0 Å². The van der Waals surface area contributed by atoms with Crippen molar-refractivity contribution in [2.45, 2.75) is 190 Å². The summed E-state index contributed by atoms with van der Waals surface area (Å²) >= 11 is 0. The van der Waals surface area contributed by atoms with Gasteiger partial charge in [0.2, 0.25) is 41.4 Å². The normalized spacial score (nSPS) is 20.1. The van der Waals surface area contributed by atoms with E-state index in [2.05, 4.69) is 41.6 Å². The number of unbranched alkanes of at least 4 members (excludes halogenated alkanes) is 1. The fourth-order valence-corrected chi connectivity index (χ4v) is 10.3. The average molecular weight is 1220 g/mol. The maximum atomic E-state index is 13.9. The highest BCUT2D eigenvalue weighted by Crippen LogP contribution is 2.27. The monoisotopic (exact) mass is 1220 g/mol. The number of nitrogens with two attached hydrogens (primary N) is 7. The molecule has 4 saturated heterocycles. The number of nitrogens with zero attached hydrogens (tertiary/aromatic N) is 7. The zero-order valence-corrected chi connectivity index (χ0v) is 50.2. The van der Waals surface area contributed by atoms with Crippen molar-refractivity contribution < 1.29 is 68.4 Å². The molecule has 33 heteroatoms. The molecular weight excluding hydrogens is 1130 g/mol. The van der Waals surface area contributed by atoms with Gasteiger partial charge < -0.3 is 102 Å². The highest BCUT2D eigenvalue weighted by Gasteiger charge is 2.45. The van der Waals surface area contributed by atoms with E-state index in [1.165, 1.54) is 16.7 Å². The molecule has 0 radical (unpaired) electrons. The third-order valence-corrected chi connectivity index (χ3v) is 15.0. The van der Waals surface area contributed by atoms with Crippen molar-refractivity contribution in [1.29, 1.82) is 0 Å². The Balaban J connectivity index is 0.000000526. The molecule has 0 spiro atoms. The smallest absolute Gasteiger partial charge is 0.326 e. The minimum Gasteiger partial charge on any atom is -0.480 e. The Hall–Kier alpha value is -7.65. The molecule has 33 nitrogen and oxygen atoms in total. The number of rotatable bonds is 32. The third kappa shape index (κ3) is 25.5. The topological polar surface area (TPSA) is 544 Å². The van der Waals surface area contributed by atoms with Crippen molar-refractivity contribution in [2.75, 3.05) is 66.5 Å². The lowest BCUT2D eigenvalue weighted by Gasteiger charge is -2.33. The van der Waals surface area contributed by atoms with Crippen molar-refractivity contribution in [1.82, 2.24) is 46.2 Å². The number of aliphatic hydroxyl groups excluding tert-OH is 1. The number of nitrogens with one attached hydrogen (secondary N) is 5. The zero-order chi connectivity index (χ0) is 64.6. The molecule has 4 heterocycles. The summed E-state index contributed by atoms with van der Waals surface area (Å²) in [4.78, 5) is 143. The number of amides is 7. The van der Waals surface area contributed by atoms with Gasteiger partial charge in [0, 0.05) is 45.7 Å². The van der Waals surface area contributed by atoms with Crippen LogP contribution in [0.1, 0.15) is 129 Å². The number of carbonyl (C=O) groups is 10. The Morgan fingerprint density at radius 3 is 1.30 bits per heavy atom. The number of likely N-dealkylation sites (N-methyl/N-ethyl adjacent to an activating group) is 2. The predicted octanol–water partition coefficient (Wildman–Crippen LogP) is -5.11. The molecule has 0 aromatic heterocycles. The highest BCUT2D eigenvalue weighted by atomic mass is 16.4. The van der Waals surface area contributed by atoms with Crippen LogP contribution >= 0.6 is 0 Å². The summed E-state index contributed by atoms with van der Waals surface area (Å²) < 4.78 is 0. The molecule has 4 fully saturated rings. The lowest BCUT2D eigenvalue weighted by Crippen LogP contribution is -2.59. The van der Waals surface area contributed by atoms with Crippen LogP contribution in [0.4, 0.5) is 0 Å². The van der Waals surface area contributed by atoms with Crippen LogP contribution in [0.5, 0.6) is 0 Å². The summed E-state index contributed by atoms with van der Waals surface area (Å²) in [6, 6.07) is -7.64. The maximum Gasteiger partial charge on any atom is 0.326 e.